The summed E-state index contributed by atoms with van der Waals surface area (Å²) in [7, 11) is 1.48. The topological polar surface area (TPSA) is 572 Å². The fourth-order valence-electron chi connectivity index (χ4n) is 13.2. The number of phenols is 3. The molecule has 8 amide bonds. The van der Waals surface area contributed by atoms with Gasteiger partial charge in [0.05, 0.1) is 29.1 Å². The number of benzene rings is 5. The molecule has 25 N–H and O–H groups in total. The Morgan fingerprint density at radius 3 is 1.91 bits per heavy atom. The molecule has 36 nitrogen and oxygen atoms in total. The highest BCUT2D eigenvalue weighted by Gasteiger charge is 2.51. The van der Waals surface area contributed by atoms with Crippen LogP contribution in [-0.4, -0.2) is 219 Å². The van der Waals surface area contributed by atoms with Gasteiger partial charge in [-0.25, -0.2) is 0 Å². The van der Waals surface area contributed by atoms with E-state index in [1.54, 1.807) is 13.8 Å². The summed E-state index contributed by atoms with van der Waals surface area (Å²) in [5.74, 6) is -15.4. The third kappa shape index (κ3) is 19.0. The minimum absolute atomic E-state index is 0.0906. The Morgan fingerprint density at radius 2 is 1.30 bits per heavy atom. The van der Waals surface area contributed by atoms with Gasteiger partial charge in [0.15, 0.2) is 30.2 Å². The second kappa shape index (κ2) is 35.8. The number of primary amides is 1. The maximum absolute atomic E-state index is 16.2. The predicted molar refractivity (Wildman–Crippen MR) is 389 cm³/mol. The van der Waals surface area contributed by atoms with Crippen LogP contribution < -0.4 is 84.6 Å². The first-order valence-electron chi connectivity index (χ1n) is 35.3. The number of carbonyl (C=O) groups is 8. The lowest BCUT2D eigenvalue weighted by Gasteiger charge is -2.47. The third-order valence-electron chi connectivity index (χ3n) is 19.5. The molecule has 0 radical (unpaired) electrons. The van der Waals surface area contributed by atoms with Gasteiger partial charge in [-0.05, 0) is 109 Å². The standard InChI is InChI=1S/C72H91Cl2N13O23/c1-29(2)18-40(78-5)63(97)86-55-57(93)32-7-10-44(38(73)20-32)105-46-22-34-23-47(61(46)110-71-62(60(96)59(95)48(28-88)107-71)108-50-27-72(4,77)30(3)70(104)109-50)106-45-11-8-33(21-39(45)74)58(94)56-69(103)85-54(65(99)81-17-16-80-15-14-79-13-12-75)37-24-35(89)25-43(91)51(37)36-19-31(6-9-42(36)90)52(66(100)87-56)84-67(101)53(34)83-64(98)41(26-49(76)92)82-68(55)102/h6-11,19-25,29-30,40-41,48,50,52-60,62,70-71,78-80,88-91,93-96,104H,12-18,26-28,75,77H2,1-5H3,(H2,76,92)(H,81,99)(H,82,102)(H,83,98)(H,84,101)(H,85,103)(H,86,97)(H,87,100)/t30-,40-,41+,48+,50-,52-,53-,54-,55-,56+,57-,58-,59+,60-,62+,70-,71-,72+/m1/s1. The van der Waals surface area contributed by atoms with Crippen LogP contribution in [0.3, 0.4) is 0 Å². The fourth-order valence-corrected chi connectivity index (χ4v) is 13.7. The normalized spacial score (nSPS) is 28.0. The zero-order valence-electron chi connectivity index (χ0n) is 60.2. The van der Waals surface area contributed by atoms with Crippen molar-refractivity contribution in [3.63, 3.8) is 0 Å². The minimum Gasteiger partial charge on any atom is -0.508 e. The summed E-state index contributed by atoms with van der Waals surface area (Å²) in [6.07, 6.45) is -17.9. The van der Waals surface area contributed by atoms with Crippen LogP contribution in [0.4, 0.5) is 0 Å². The molecule has 0 spiro atoms. The van der Waals surface area contributed by atoms with Crippen molar-refractivity contribution in [1.29, 1.82) is 0 Å². The molecule has 0 saturated carbocycles. The number of likely N-dealkylation sites (N-methyl/N-ethyl adjacent to an activating group) is 1. The van der Waals surface area contributed by atoms with Crippen molar-refractivity contribution in [2.75, 3.05) is 52.9 Å². The van der Waals surface area contributed by atoms with Crippen LogP contribution in [0.15, 0.2) is 78.9 Å². The molecule has 18 atom stereocenters. The van der Waals surface area contributed by atoms with E-state index in [0.29, 0.717) is 26.2 Å². The van der Waals surface area contributed by atoms with Crippen molar-refractivity contribution >= 4 is 70.5 Å². The van der Waals surface area contributed by atoms with Crippen LogP contribution in [0.2, 0.25) is 10.0 Å². The summed E-state index contributed by atoms with van der Waals surface area (Å²) in [5, 5.41) is 131. The molecular formula is C72H91Cl2N13O23. The number of hydrogen-bond donors (Lipinski definition) is 22. The number of carbonyl (C=O) groups excluding carboxylic acids is 8. The van der Waals surface area contributed by atoms with Crippen molar-refractivity contribution in [2.24, 2.45) is 29.0 Å². The van der Waals surface area contributed by atoms with E-state index in [1.807, 2.05) is 13.8 Å². The van der Waals surface area contributed by atoms with Crippen molar-refractivity contribution in [3.05, 3.63) is 117 Å². The Kier molecular flexibility index (Phi) is 27.1. The number of aromatic hydroxyl groups is 3. The highest BCUT2D eigenvalue weighted by Crippen LogP contribution is 2.50. The van der Waals surface area contributed by atoms with E-state index in [4.69, 9.17) is 68.8 Å². The highest BCUT2D eigenvalue weighted by atomic mass is 35.5. The molecule has 596 valence electrons. The summed E-state index contributed by atoms with van der Waals surface area (Å²) in [6, 6.07) is 0.300. The quantitative estimate of drug-likeness (QED) is 0.0371. The molecular weight excluding hydrogens is 1490 g/mol. The maximum Gasteiger partial charge on any atom is 0.248 e. The molecule has 7 aliphatic rings. The molecule has 110 heavy (non-hydrogen) atoms. The highest BCUT2D eigenvalue weighted by molar-refractivity contribution is 6.32. The number of fused-ring (bicyclic) bond motifs is 15. The van der Waals surface area contributed by atoms with Crippen molar-refractivity contribution in [3.8, 4) is 57.1 Å². The van der Waals surface area contributed by atoms with E-state index in [2.05, 4.69) is 53.2 Å². The molecule has 7 aliphatic heterocycles. The summed E-state index contributed by atoms with van der Waals surface area (Å²) in [5.41, 5.74) is 14.4. The number of halogens is 2. The lowest BCUT2D eigenvalue weighted by Crippen LogP contribution is -2.63. The Labute approximate surface area is 639 Å². The van der Waals surface area contributed by atoms with Crippen molar-refractivity contribution in [1.82, 2.24) is 53.2 Å². The minimum atomic E-state index is -2.34. The predicted octanol–water partition coefficient (Wildman–Crippen LogP) is -1.52. The number of phenolic OH excluding ortho intramolecular Hbond substituents is 3. The Balaban J connectivity index is 1.21. The number of aliphatic hydroxyl groups excluding tert-OH is 6. The van der Waals surface area contributed by atoms with E-state index < -0.39 is 220 Å². The Morgan fingerprint density at radius 1 is 0.691 bits per heavy atom. The largest absolute Gasteiger partial charge is 0.508 e. The monoisotopic (exact) mass is 1580 g/mol. The molecule has 5 aromatic carbocycles. The molecule has 38 heteroatoms. The van der Waals surface area contributed by atoms with Gasteiger partial charge < -0.3 is 145 Å². The first-order valence-corrected chi connectivity index (χ1v) is 36.1. The van der Waals surface area contributed by atoms with Crippen LogP contribution in [0.25, 0.3) is 11.1 Å². The van der Waals surface area contributed by atoms with Crippen molar-refractivity contribution in [2.45, 2.75) is 150 Å². The van der Waals surface area contributed by atoms with E-state index in [1.165, 1.54) is 25.2 Å². The van der Waals surface area contributed by atoms with Crippen LogP contribution >= 0.6 is 23.2 Å². The number of hydrogen-bond acceptors (Lipinski definition) is 28. The number of aliphatic hydroxyl groups is 6. The summed E-state index contributed by atoms with van der Waals surface area (Å²) < 4.78 is 38.3. The van der Waals surface area contributed by atoms with Crippen LogP contribution in [0.5, 0.6) is 46.0 Å². The number of nitrogens with one attached hydrogen (secondary N) is 10. The Bertz CT molecular complexity index is 4260. The van der Waals surface area contributed by atoms with Gasteiger partial charge in [-0.15, -0.1) is 0 Å². The van der Waals surface area contributed by atoms with Gasteiger partial charge in [0, 0.05) is 74.3 Å². The molecule has 2 fully saturated rings. The van der Waals surface area contributed by atoms with E-state index in [-0.39, 0.29) is 76.2 Å². The van der Waals surface area contributed by atoms with Gasteiger partial charge in [-0.3, -0.25) is 38.4 Å². The van der Waals surface area contributed by atoms with Gasteiger partial charge in [0.25, 0.3) is 0 Å². The van der Waals surface area contributed by atoms with Gasteiger partial charge >= 0.3 is 0 Å². The first kappa shape index (κ1) is 83.2. The van der Waals surface area contributed by atoms with Crippen LogP contribution in [-0.2, 0) is 52.6 Å². The number of ether oxygens (including phenoxy) is 6. The van der Waals surface area contributed by atoms with Gasteiger partial charge in [-0.1, -0.05) is 62.2 Å². The van der Waals surface area contributed by atoms with Gasteiger partial charge in [-0.2, -0.15) is 0 Å². The molecule has 0 aliphatic carbocycles. The second-order valence-electron chi connectivity index (χ2n) is 28.0. The molecule has 7 heterocycles. The molecule has 0 aromatic heterocycles. The molecule has 12 rings (SSSR count). The number of nitrogens with two attached hydrogens (primary N) is 3. The first-order chi connectivity index (χ1) is 52.2. The maximum atomic E-state index is 16.2. The van der Waals surface area contributed by atoms with E-state index in [9.17, 15) is 65.1 Å². The molecule has 5 aromatic rings. The molecule has 0 unspecified atom stereocenters. The summed E-state index contributed by atoms with van der Waals surface area (Å²) >= 11 is 14.3. The smallest absolute Gasteiger partial charge is 0.248 e. The zero-order chi connectivity index (χ0) is 79.9. The molecule has 2 saturated heterocycles. The lowest BCUT2D eigenvalue weighted by molar-refractivity contribution is -0.348. The summed E-state index contributed by atoms with van der Waals surface area (Å²) in [6.45, 7) is 7.85. The average molecular weight is 1580 g/mol. The average Bonchev–Trinajstić information content (AvgIpc) is 0.762. The SMILES string of the molecule is CN[C@H](CC(C)C)C(=O)N[C@H]1C(=O)N[C@@H](CC(N)=O)C(=O)N[C@H]2C(=O)N[C@H]3C(=O)N[C@H](C(=O)N[C@@H](C(=O)NCCNCCNCCN)c4cc(O)cc(O)c4-c4cc3ccc4O)[C@H](O)c3ccc(c(Cl)c3)Oc3cc2cc(c3O[C@H]2O[C@@H](CO)[C@H](O)[C@@H](O)[C@@H]2O[C@H]2C[C@](C)(N)[C@H](C)[C@H](O)O2)Oc2ccc(cc2Cl)[C@H]1O. The van der Waals surface area contributed by atoms with E-state index >= 15 is 19.2 Å². The number of rotatable bonds is 21. The van der Waals surface area contributed by atoms with Crippen molar-refractivity contribution < 1.29 is 113 Å². The van der Waals surface area contributed by atoms with E-state index in [0.717, 1.165) is 60.7 Å². The second-order valence-corrected chi connectivity index (χ2v) is 28.8. The zero-order valence-corrected chi connectivity index (χ0v) is 61.7. The Hall–Kier alpha value is -9.32. The molecule has 11 bridgehead atoms. The third-order valence-corrected chi connectivity index (χ3v) is 20.1. The fraction of sp³-hybridized carbons (Fsp3) is 0.472. The number of amides is 8. The van der Waals surface area contributed by atoms with Gasteiger partial charge in [0.1, 0.15) is 95.5 Å². The lowest BCUT2D eigenvalue weighted by atomic mass is 9.82. The van der Waals surface area contributed by atoms with Crippen LogP contribution in [0.1, 0.15) is 105 Å². The summed E-state index contributed by atoms with van der Waals surface area (Å²) in [4.78, 5) is 120. The van der Waals surface area contributed by atoms with Crippen LogP contribution in [0, 0.1) is 11.8 Å². The van der Waals surface area contributed by atoms with Gasteiger partial charge in [0.2, 0.25) is 59.3 Å².